The van der Waals surface area contributed by atoms with Crippen molar-refractivity contribution >= 4 is 0 Å². The second-order valence-electron chi connectivity index (χ2n) is 5.05. The molecule has 0 aliphatic rings. The van der Waals surface area contributed by atoms with Crippen molar-refractivity contribution in [2.24, 2.45) is 0 Å². The summed E-state index contributed by atoms with van der Waals surface area (Å²) in [5.74, 6) is 0.268. The van der Waals surface area contributed by atoms with E-state index in [1.54, 1.807) is 12.1 Å². The lowest BCUT2D eigenvalue weighted by Gasteiger charge is -2.22. The Bertz CT molecular complexity index is 510. The van der Waals surface area contributed by atoms with Crippen LogP contribution in [0.3, 0.4) is 0 Å². The van der Waals surface area contributed by atoms with Crippen LogP contribution in [0.25, 0.3) is 0 Å². The summed E-state index contributed by atoms with van der Waals surface area (Å²) in [5.41, 5.74) is 2.30. The highest BCUT2D eigenvalue weighted by Gasteiger charge is 2.13. The molecule has 1 unspecified atom stereocenters. The van der Waals surface area contributed by atoms with E-state index in [0.717, 1.165) is 12.0 Å². The van der Waals surface area contributed by atoms with Gasteiger partial charge in [0, 0.05) is 12.1 Å². The van der Waals surface area contributed by atoms with Crippen LogP contribution in [0.4, 0.5) is 0 Å². The lowest BCUT2D eigenvalue weighted by Crippen LogP contribution is -2.36. The molecule has 0 saturated heterocycles. The molecule has 0 bridgehead atoms. The third-order valence-electron chi connectivity index (χ3n) is 3.42. The first-order valence-electron chi connectivity index (χ1n) is 6.89. The molecular formula is C17H21NO2. The first-order chi connectivity index (χ1) is 9.69. The molecule has 0 heterocycles. The number of phenolic OH excluding ortho intramolecular Hbond substituents is 1. The number of phenols is 1. The second kappa shape index (κ2) is 7.08. The first-order valence-corrected chi connectivity index (χ1v) is 6.89. The van der Waals surface area contributed by atoms with Crippen molar-refractivity contribution in [1.82, 2.24) is 5.32 Å². The summed E-state index contributed by atoms with van der Waals surface area (Å²) in [5, 5.41) is 22.2. The van der Waals surface area contributed by atoms with Crippen molar-refractivity contribution in [3.8, 4) is 5.75 Å². The van der Waals surface area contributed by atoms with Gasteiger partial charge in [0.2, 0.25) is 0 Å². The van der Waals surface area contributed by atoms with E-state index in [1.165, 1.54) is 5.56 Å². The monoisotopic (exact) mass is 271 g/mol. The lowest BCUT2D eigenvalue weighted by atomic mass is 10.0. The summed E-state index contributed by atoms with van der Waals surface area (Å²) < 4.78 is 0. The maximum absolute atomic E-state index is 9.52. The highest BCUT2D eigenvalue weighted by atomic mass is 16.3. The molecule has 0 radical (unpaired) electrons. The molecule has 106 valence electrons. The van der Waals surface area contributed by atoms with E-state index in [9.17, 15) is 10.2 Å². The Balaban J connectivity index is 1.97. The van der Waals surface area contributed by atoms with Crippen molar-refractivity contribution in [3.63, 3.8) is 0 Å². The maximum atomic E-state index is 9.52. The average molecular weight is 271 g/mol. The normalized spacial score (nSPS) is 13.9. The Hall–Kier alpha value is -1.84. The summed E-state index contributed by atoms with van der Waals surface area (Å²) in [7, 11) is 0. The minimum Gasteiger partial charge on any atom is -0.508 e. The van der Waals surface area contributed by atoms with E-state index in [-0.39, 0.29) is 24.4 Å². The van der Waals surface area contributed by atoms with E-state index in [1.807, 2.05) is 30.3 Å². The van der Waals surface area contributed by atoms with Gasteiger partial charge in [-0.3, -0.25) is 0 Å². The molecule has 2 atom stereocenters. The molecule has 0 amide bonds. The molecule has 3 N–H and O–H groups in total. The van der Waals surface area contributed by atoms with Gasteiger partial charge in [-0.15, -0.1) is 0 Å². The van der Waals surface area contributed by atoms with Gasteiger partial charge in [-0.25, -0.2) is 0 Å². The highest BCUT2D eigenvalue weighted by molar-refractivity contribution is 5.27. The van der Waals surface area contributed by atoms with Crippen LogP contribution >= 0.6 is 0 Å². The predicted molar refractivity (Wildman–Crippen MR) is 80.7 cm³/mol. The summed E-state index contributed by atoms with van der Waals surface area (Å²) in [4.78, 5) is 0. The summed E-state index contributed by atoms with van der Waals surface area (Å²) in [6.45, 7) is 2.15. The van der Waals surface area contributed by atoms with Gasteiger partial charge >= 0.3 is 0 Å². The van der Waals surface area contributed by atoms with Crippen LogP contribution in [0.5, 0.6) is 5.75 Å². The zero-order chi connectivity index (χ0) is 14.4. The Morgan fingerprint density at radius 1 is 1.00 bits per heavy atom. The topological polar surface area (TPSA) is 52.5 Å². The van der Waals surface area contributed by atoms with E-state index in [0.29, 0.717) is 0 Å². The molecule has 0 saturated carbocycles. The fraction of sp³-hybridized carbons (Fsp3) is 0.294. The maximum Gasteiger partial charge on any atom is 0.115 e. The Morgan fingerprint density at radius 2 is 1.65 bits per heavy atom. The van der Waals surface area contributed by atoms with Crippen molar-refractivity contribution < 1.29 is 10.2 Å². The third-order valence-corrected chi connectivity index (χ3v) is 3.42. The van der Waals surface area contributed by atoms with Gasteiger partial charge in [0.05, 0.1) is 6.61 Å². The van der Waals surface area contributed by atoms with E-state index < -0.39 is 0 Å². The van der Waals surface area contributed by atoms with Gasteiger partial charge in [0.15, 0.2) is 0 Å². The molecular weight excluding hydrogens is 250 g/mol. The zero-order valence-corrected chi connectivity index (χ0v) is 11.7. The molecule has 3 heteroatoms. The Morgan fingerprint density at radius 3 is 2.25 bits per heavy atom. The van der Waals surface area contributed by atoms with Crippen molar-refractivity contribution in [2.75, 3.05) is 6.61 Å². The fourth-order valence-corrected chi connectivity index (χ4v) is 2.29. The van der Waals surface area contributed by atoms with Crippen molar-refractivity contribution in [2.45, 2.75) is 25.4 Å². The summed E-state index contributed by atoms with van der Waals surface area (Å²) in [6, 6.07) is 17.4. The summed E-state index contributed by atoms with van der Waals surface area (Å²) in [6.07, 6.45) is 0.791. The van der Waals surface area contributed by atoms with Crippen molar-refractivity contribution in [3.05, 3.63) is 65.7 Å². The lowest BCUT2D eigenvalue weighted by molar-refractivity contribution is 0.232. The van der Waals surface area contributed by atoms with Crippen LogP contribution in [-0.2, 0) is 6.42 Å². The highest BCUT2D eigenvalue weighted by Crippen LogP contribution is 2.17. The SMILES string of the molecule is CC(N[C@H](CO)Cc1ccccc1)c1ccc(O)cc1. The number of hydrogen-bond donors (Lipinski definition) is 3. The smallest absolute Gasteiger partial charge is 0.115 e. The molecule has 20 heavy (non-hydrogen) atoms. The average Bonchev–Trinajstić information content (AvgIpc) is 2.48. The molecule has 2 aromatic rings. The van der Waals surface area contributed by atoms with Gasteiger partial charge in [-0.05, 0) is 36.6 Å². The van der Waals surface area contributed by atoms with Gasteiger partial charge in [0.25, 0.3) is 0 Å². The van der Waals surface area contributed by atoms with Gasteiger partial charge in [-0.1, -0.05) is 42.5 Å². The minimum atomic E-state index is 0.0150. The van der Waals surface area contributed by atoms with Crippen molar-refractivity contribution in [1.29, 1.82) is 0 Å². The van der Waals surface area contributed by atoms with Crippen LogP contribution in [0.2, 0.25) is 0 Å². The summed E-state index contributed by atoms with van der Waals surface area (Å²) >= 11 is 0. The number of nitrogens with one attached hydrogen (secondary N) is 1. The standard InChI is InChI=1S/C17H21NO2/c1-13(15-7-9-17(20)10-8-15)18-16(12-19)11-14-5-3-2-4-6-14/h2-10,13,16,18-20H,11-12H2,1H3/t13?,16-/m0/s1. The number of benzene rings is 2. The third kappa shape index (κ3) is 4.08. The fourth-order valence-electron chi connectivity index (χ4n) is 2.29. The Kier molecular flexibility index (Phi) is 5.16. The molecule has 0 aliphatic carbocycles. The molecule has 2 aromatic carbocycles. The largest absolute Gasteiger partial charge is 0.508 e. The number of hydrogen-bond acceptors (Lipinski definition) is 3. The second-order valence-corrected chi connectivity index (χ2v) is 5.05. The molecule has 3 nitrogen and oxygen atoms in total. The number of aliphatic hydroxyl groups is 1. The molecule has 0 aliphatic heterocycles. The van der Waals surface area contributed by atoms with Crippen LogP contribution < -0.4 is 5.32 Å². The number of rotatable bonds is 6. The van der Waals surface area contributed by atoms with Crippen LogP contribution in [0, 0.1) is 0 Å². The van der Waals surface area contributed by atoms with Gasteiger partial charge < -0.3 is 15.5 Å². The van der Waals surface area contributed by atoms with E-state index in [2.05, 4.69) is 24.4 Å². The Labute approximate surface area is 119 Å². The molecule has 0 fully saturated rings. The number of aromatic hydroxyl groups is 1. The van der Waals surface area contributed by atoms with Gasteiger partial charge in [0.1, 0.15) is 5.75 Å². The van der Waals surface area contributed by atoms with Gasteiger partial charge in [-0.2, -0.15) is 0 Å². The predicted octanol–water partition coefficient (Wildman–Crippen LogP) is 2.65. The first kappa shape index (κ1) is 14.6. The quantitative estimate of drug-likeness (QED) is 0.757. The van der Waals surface area contributed by atoms with Crippen LogP contribution in [0.15, 0.2) is 54.6 Å². The zero-order valence-electron chi connectivity index (χ0n) is 11.7. The minimum absolute atomic E-state index is 0.0150. The molecule has 2 rings (SSSR count). The molecule has 0 aromatic heterocycles. The van der Waals surface area contributed by atoms with E-state index in [4.69, 9.17) is 0 Å². The number of aliphatic hydroxyl groups excluding tert-OH is 1. The molecule has 0 spiro atoms. The van der Waals surface area contributed by atoms with Crippen LogP contribution in [-0.4, -0.2) is 22.9 Å². The van der Waals surface area contributed by atoms with E-state index >= 15 is 0 Å². The van der Waals surface area contributed by atoms with Crippen LogP contribution in [0.1, 0.15) is 24.1 Å².